The molecule has 0 saturated heterocycles. The fourth-order valence-electron chi connectivity index (χ4n) is 2.72. The van der Waals surface area contributed by atoms with Crippen LogP contribution >= 0.6 is 27.5 Å². The van der Waals surface area contributed by atoms with Crippen molar-refractivity contribution in [2.75, 3.05) is 12.4 Å². The van der Waals surface area contributed by atoms with Gasteiger partial charge in [-0.3, -0.25) is 9.88 Å². The van der Waals surface area contributed by atoms with Gasteiger partial charge in [-0.2, -0.15) is 0 Å². The molecular formula is C14H20BrClN2. The highest BCUT2D eigenvalue weighted by molar-refractivity contribution is 9.10. The largest absolute Gasteiger partial charge is 0.295 e. The quantitative estimate of drug-likeness (QED) is 0.751. The van der Waals surface area contributed by atoms with Crippen LogP contribution in [0, 0.1) is 0 Å². The Morgan fingerprint density at radius 3 is 2.72 bits per heavy atom. The Kier molecular flexibility index (Phi) is 5.93. The molecule has 1 aromatic rings. The highest BCUT2D eigenvalue weighted by atomic mass is 79.9. The van der Waals surface area contributed by atoms with E-state index in [1.807, 2.05) is 12.4 Å². The summed E-state index contributed by atoms with van der Waals surface area (Å²) in [6.45, 7) is 1.93. The summed E-state index contributed by atoms with van der Waals surface area (Å²) in [6, 6.07) is 2.85. The Balaban J connectivity index is 2.00. The smallest absolute Gasteiger partial charge is 0.0410 e. The zero-order chi connectivity index (χ0) is 12.8. The lowest BCUT2D eigenvalue weighted by Gasteiger charge is -2.34. The molecule has 1 aromatic heterocycles. The zero-order valence-electron chi connectivity index (χ0n) is 10.6. The fraction of sp³-hybridized carbons (Fsp3) is 0.643. The first kappa shape index (κ1) is 14.3. The van der Waals surface area contributed by atoms with Crippen LogP contribution in [0.1, 0.15) is 37.7 Å². The predicted molar refractivity (Wildman–Crippen MR) is 79.9 cm³/mol. The second kappa shape index (κ2) is 7.46. The molecule has 1 fully saturated rings. The lowest BCUT2D eigenvalue weighted by Crippen LogP contribution is -2.37. The molecule has 1 heterocycles. The second-order valence-electron chi connectivity index (χ2n) is 4.96. The Morgan fingerprint density at radius 1 is 1.28 bits per heavy atom. The molecule has 0 atom stereocenters. The Morgan fingerprint density at radius 2 is 2.06 bits per heavy atom. The first-order valence-electron chi connectivity index (χ1n) is 6.69. The normalized spacial score (nSPS) is 17.3. The number of rotatable bonds is 5. The van der Waals surface area contributed by atoms with Crippen LogP contribution in [0.4, 0.5) is 0 Å². The van der Waals surface area contributed by atoms with Crippen molar-refractivity contribution in [2.24, 2.45) is 0 Å². The van der Waals surface area contributed by atoms with Crippen LogP contribution < -0.4 is 0 Å². The van der Waals surface area contributed by atoms with Crippen molar-refractivity contribution in [3.8, 4) is 0 Å². The third kappa shape index (κ3) is 4.22. The predicted octanol–water partition coefficient (Wildman–Crippen LogP) is 4.22. The van der Waals surface area contributed by atoms with Crippen molar-refractivity contribution in [2.45, 2.75) is 44.7 Å². The van der Waals surface area contributed by atoms with E-state index in [2.05, 4.69) is 31.9 Å². The lowest BCUT2D eigenvalue weighted by atomic mass is 9.94. The maximum atomic E-state index is 5.95. The zero-order valence-corrected chi connectivity index (χ0v) is 13.0. The molecule has 0 amide bonds. The Labute approximate surface area is 123 Å². The van der Waals surface area contributed by atoms with Gasteiger partial charge in [-0.25, -0.2) is 0 Å². The molecule has 0 aromatic carbocycles. The molecule has 0 radical (unpaired) electrons. The summed E-state index contributed by atoms with van der Waals surface area (Å²) in [5.41, 5.74) is 1.26. The minimum Gasteiger partial charge on any atom is -0.295 e. The molecule has 2 nitrogen and oxygen atoms in total. The number of hydrogen-bond donors (Lipinski definition) is 0. The number of halogens is 2. The van der Waals surface area contributed by atoms with E-state index in [0.29, 0.717) is 11.9 Å². The average Bonchev–Trinajstić information content (AvgIpc) is 2.39. The first-order valence-corrected chi connectivity index (χ1v) is 8.02. The van der Waals surface area contributed by atoms with Gasteiger partial charge in [-0.15, -0.1) is 11.6 Å². The SMILES string of the molecule is ClCCN(Cc1cncc(Br)c1)C1CCCCC1. The summed E-state index contributed by atoms with van der Waals surface area (Å²) in [6.07, 6.45) is 10.5. The minimum atomic E-state index is 0.705. The van der Waals surface area contributed by atoms with Crippen LogP contribution in [0.3, 0.4) is 0 Å². The number of hydrogen-bond acceptors (Lipinski definition) is 2. The monoisotopic (exact) mass is 330 g/mol. The molecule has 0 aliphatic heterocycles. The molecule has 0 spiro atoms. The number of aromatic nitrogens is 1. The average molecular weight is 332 g/mol. The summed E-state index contributed by atoms with van der Waals surface area (Å²) in [5.74, 6) is 0.706. The molecule has 1 saturated carbocycles. The van der Waals surface area contributed by atoms with Crippen molar-refractivity contribution >= 4 is 27.5 Å². The van der Waals surface area contributed by atoms with Crippen molar-refractivity contribution in [3.63, 3.8) is 0 Å². The number of nitrogens with zero attached hydrogens (tertiary/aromatic N) is 2. The van der Waals surface area contributed by atoms with E-state index >= 15 is 0 Å². The molecule has 18 heavy (non-hydrogen) atoms. The Hall–Kier alpha value is -0.120. The van der Waals surface area contributed by atoms with Gasteiger partial charge in [0.2, 0.25) is 0 Å². The van der Waals surface area contributed by atoms with E-state index in [1.165, 1.54) is 37.7 Å². The lowest BCUT2D eigenvalue weighted by molar-refractivity contribution is 0.157. The minimum absolute atomic E-state index is 0.705. The summed E-state index contributed by atoms with van der Waals surface area (Å²) >= 11 is 9.43. The van der Waals surface area contributed by atoms with Gasteiger partial charge in [0.05, 0.1) is 0 Å². The molecule has 0 unspecified atom stereocenters. The topological polar surface area (TPSA) is 16.1 Å². The molecule has 2 rings (SSSR count). The van der Waals surface area contributed by atoms with E-state index < -0.39 is 0 Å². The van der Waals surface area contributed by atoms with E-state index in [9.17, 15) is 0 Å². The Bertz CT molecular complexity index is 367. The maximum Gasteiger partial charge on any atom is 0.0410 e. The van der Waals surface area contributed by atoms with E-state index in [1.54, 1.807) is 0 Å². The number of alkyl halides is 1. The van der Waals surface area contributed by atoms with Gasteiger partial charge < -0.3 is 0 Å². The van der Waals surface area contributed by atoms with Crippen LogP contribution in [0.15, 0.2) is 22.9 Å². The molecule has 100 valence electrons. The standard InChI is InChI=1S/C14H20BrClN2/c15-13-8-12(9-17-10-13)11-18(7-6-16)14-4-2-1-3-5-14/h8-10,14H,1-7,11H2. The summed E-state index contributed by atoms with van der Waals surface area (Å²) < 4.78 is 1.05. The number of pyridine rings is 1. The molecule has 4 heteroatoms. The fourth-order valence-corrected chi connectivity index (χ4v) is 3.35. The summed E-state index contributed by atoms with van der Waals surface area (Å²) in [4.78, 5) is 6.76. The second-order valence-corrected chi connectivity index (χ2v) is 6.26. The summed E-state index contributed by atoms with van der Waals surface area (Å²) in [7, 11) is 0. The van der Waals surface area contributed by atoms with Gasteiger partial charge in [0, 0.05) is 41.9 Å². The maximum absolute atomic E-state index is 5.95. The van der Waals surface area contributed by atoms with Gasteiger partial charge >= 0.3 is 0 Å². The van der Waals surface area contributed by atoms with Crippen LogP contribution in [0.5, 0.6) is 0 Å². The van der Waals surface area contributed by atoms with Crippen molar-refractivity contribution in [1.82, 2.24) is 9.88 Å². The van der Waals surface area contributed by atoms with Crippen molar-refractivity contribution in [1.29, 1.82) is 0 Å². The van der Waals surface area contributed by atoms with Gasteiger partial charge in [0.25, 0.3) is 0 Å². The van der Waals surface area contributed by atoms with Crippen LogP contribution in [0.25, 0.3) is 0 Å². The van der Waals surface area contributed by atoms with Crippen LogP contribution in [0.2, 0.25) is 0 Å². The highest BCUT2D eigenvalue weighted by Gasteiger charge is 2.20. The molecule has 0 bridgehead atoms. The molecule has 1 aliphatic rings. The third-order valence-corrected chi connectivity index (χ3v) is 4.21. The van der Waals surface area contributed by atoms with Gasteiger partial charge in [0.1, 0.15) is 0 Å². The van der Waals surface area contributed by atoms with Gasteiger partial charge in [-0.05, 0) is 40.4 Å². The molecular weight excluding hydrogens is 312 g/mol. The van der Waals surface area contributed by atoms with Crippen LogP contribution in [-0.2, 0) is 6.54 Å². The van der Waals surface area contributed by atoms with E-state index in [4.69, 9.17) is 11.6 Å². The van der Waals surface area contributed by atoms with Crippen LogP contribution in [-0.4, -0.2) is 28.4 Å². The first-order chi connectivity index (χ1) is 8.79. The van der Waals surface area contributed by atoms with E-state index in [-0.39, 0.29) is 0 Å². The highest BCUT2D eigenvalue weighted by Crippen LogP contribution is 2.24. The van der Waals surface area contributed by atoms with E-state index in [0.717, 1.165) is 17.6 Å². The van der Waals surface area contributed by atoms with Crippen molar-refractivity contribution in [3.05, 3.63) is 28.5 Å². The molecule has 0 N–H and O–H groups in total. The van der Waals surface area contributed by atoms with Gasteiger partial charge in [0.15, 0.2) is 0 Å². The third-order valence-electron chi connectivity index (χ3n) is 3.61. The summed E-state index contributed by atoms with van der Waals surface area (Å²) in [5, 5.41) is 0. The molecule has 1 aliphatic carbocycles. The van der Waals surface area contributed by atoms with Gasteiger partial charge in [-0.1, -0.05) is 19.3 Å². The van der Waals surface area contributed by atoms with Crippen molar-refractivity contribution < 1.29 is 0 Å².